The van der Waals surface area contributed by atoms with Crippen molar-refractivity contribution < 1.29 is 29.3 Å². The van der Waals surface area contributed by atoms with E-state index in [4.69, 9.17) is 0 Å². The molecular formula is C19H38Cl2NP. The second-order valence-corrected chi connectivity index (χ2v) is 6.22. The molecular weight excluding hydrogens is 344 g/mol. The minimum atomic E-state index is 0. The van der Waals surface area contributed by atoms with Gasteiger partial charge in [-0.1, -0.05) is 70.4 Å². The predicted octanol–water partition coefficient (Wildman–Crippen LogP) is -0.798. The molecule has 1 aromatic carbocycles. The van der Waals surface area contributed by atoms with Gasteiger partial charge in [-0.15, -0.1) is 0 Å². The van der Waals surface area contributed by atoms with E-state index in [9.17, 15) is 0 Å². The summed E-state index contributed by atoms with van der Waals surface area (Å²) < 4.78 is 1.31. The van der Waals surface area contributed by atoms with Crippen molar-refractivity contribution in [1.29, 1.82) is 0 Å². The Morgan fingerprint density at radius 1 is 0.696 bits per heavy atom. The number of hydrogen-bond donors (Lipinski definition) is 0. The fraction of sp³-hybridized carbons (Fsp3) is 0.684. The molecule has 0 saturated heterocycles. The maximum absolute atomic E-state index is 2.32. The summed E-state index contributed by atoms with van der Waals surface area (Å²) in [6.07, 6.45) is 8.02. The second-order valence-electron chi connectivity index (χ2n) is 6.22. The molecule has 0 heterocycles. The summed E-state index contributed by atoms with van der Waals surface area (Å²) in [6.45, 7) is 12.2. The van der Waals surface area contributed by atoms with Gasteiger partial charge in [-0.25, -0.2) is 0 Å². The summed E-state index contributed by atoms with van der Waals surface area (Å²) in [5.74, 6) is 0. The molecule has 0 aliphatic rings. The third-order valence-corrected chi connectivity index (χ3v) is 4.32. The van der Waals surface area contributed by atoms with Crippen LogP contribution >= 0.6 is 9.90 Å². The summed E-state index contributed by atoms with van der Waals surface area (Å²) in [6, 6.07) is 11.1. The van der Waals surface area contributed by atoms with E-state index in [2.05, 4.69) is 51.1 Å². The summed E-state index contributed by atoms with van der Waals surface area (Å²) in [5.41, 5.74) is 1.51. The lowest BCUT2D eigenvalue weighted by atomic mass is 10.1. The van der Waals surface area contributed by atoms with Crippen LogP contribution < -0.4 is 24.8 Å². The summed E-state index contributed by atoms with van der Waals surface area (Å²) >= 11 is 0. The SMILES string of the molecule is CCCC[N+](CCCC)(CCCC)Cc1ccccc1.[Cl-].[Cl-].[PH4+]. The van der Waals surface area contributed by atoms with E-state index in [1.165, 1.54) is 74.8 Å². The third-order valence-electron chi connectivity index (χ3n) is 4.32. The van der Waals surface area contributed by atoms with Crippen molar-refractivity contribution in [2.75, 3.05) is 19.6 Å². The van der Waals surface area contributed by atoms with Crippen LogP contribution in [0.15, 0.2) is 30.3 Å². The first-order valence-electron chi connectivity index (χ1n) is 8.65. The third kappa shape index (κ3) is 11.4. The second kappa shape index (κ2) is 17.0. The molecule has 0 aliphatic heterocycles. The Morgan fingerprint density at radius 2 is 1.09 bits per heavy atom. The van der Waals surface area contributed by atoms with Crippen LogP contribution in [-0.4, -0.2) is 24.1 Å². The van der Waals surface area contributed by atoms with Gasteiger partial charge in [0.05, 0.1) is 19.6 Å². The Balaban J connectivity index is -0.00000133. The molecule has 0 fully saturated rings. The first kappa shape index (κ1) is 28.0. The zero-order valence-electron chi connectivity index (χ0n) is 15.7. The first-order valence-corrected chi connectivity index (χ1v) is 8.65. The standard InChI is InChI=1S/C19H34N.2ClH.H3P/c1-4-7-15-20(16-8-5-2,17-9-6-3)18-19-13-11-10-12-14-19;;;/h10-14H,4-9,15-18H2,1-3H3;2*1H;1H3/q+1;;;/p-1. The lowest BCUT2D eigenvalue weighted by Gasteiger charge is -2.39. The monoisotopic (exact) mass is 381 g/mol. The van der Waals surface area contributed by atoms with Crippen LogP contribution in [0.3, 0.4) is 0 Å². The molecule has 0 N–H and O–H groups in total. The van der Waals surface area contributed by atoms with E-state index in [0.29, 0.717) is 0 Å². The highest BCUT2D eigenvalue weighted by atomic mass is 35.5. The quantitative estimate of drug-likeness (QED) is 0.347. The van der Waals surface area contributed by atoms with Gasteiger partial charge in [-0.2, -0.15) is 0 Å². The van der Waals surface area contributed by atoms with Crippen molar-refractivity contribution >= 4 is 9.90 Å². The highest BCUT2D eigenvalue weighted by Crippen LogP contribution is 2.19. The molecule has 138 valence electrons. The van der Waals surface area contributed by atoms with Gasteiger partial charge in [-0.3, -0.25) is 0 Å². The topological polar surface area (TPSA) is 0 Å². The minimum absolute atomic E-state index is 0. The van der Waals surface area contributed by atoms with Crippen LogP contribution in [-0.2, 0) is 6.54 Å². The van der Waals surface area contributed by atoms with Crippen molar-refractivity contribution in [3.05, 3.63) is 35.9 Å². The lowest BCUT2D eigenvalue weighted by molar-refractivity contribution is -0.941. The number of halogens is 2. The maximum atomic E-state index is 2.32. The Morgan fingerprint density at radius 3 is 1.43 bits per heavy atom. The van der Waals surface area contributed by atoms with Gasteiger partial charge in [0.2, 0.25) is 0 Å². The van der Waals surface area contributed by atoms with Crippen LogP contribution in [0.4, 0.5) is 0 Å². The minimum Gasteiger partial charge on any atom is -1.00 e. The summed E-state index contributed by atoms with van der Waals surface area (Å²) in [4.78, 5) is 0. The number of rotatable bonds is 11. The number of benzene rings is 1. The van der Waals surface area contributed by atoms with Crippen molar-refractivity contribution in [1.82, 2.24) is 0 Å². The van der Waals surface area contributed by atoms with Crippen molar-refractivity contribution in [3.8, 4) is 0 Å². The molecule has 0 amide bonds. The molecule has 1 aromatic rings. The van der Waals surface area contributed by atoms with E-state index in [1.807, 2.05) is 0 Å². The van der Waals surface area contributed by atoms with Crippen LogP contribution in [0, 0.1) is 0 Å². The molecule has 4 heteroatoms. The molecule has 0 saturated carbocycles. The zero-order valence-corrected chi connectivity index (χ0v) is 19.2. The Kier molecular flexibility index (Phi) is 20.7. The molecule has 0 radical (unpaired) electrons. The molecule has 0 aliphatic carbocycles. The number of quaternary nitrogens is 1. The number of nitrogens with zero attached hydrogens (tertiary/aromatic N) is 1. The van der Waals surface area contributed by atoms with Crippen LogP contribution in [0.1, 0.15) is 64.9 Å². The Labute approximate surface area is 160 Å². The zero-order chi connectivity index (χ0) is 14.7. The van der Waals surface area contributed by atoms with E-state index >= 15 is 0 Å². The van der Waals surface area contributed by atoms with Crippen molar-refractivity contribution in [2.45, 2.75) is 65.8 Å². The lowest BCUT2D eigenvalue weighted by Crippen LogP contribution is -3.00. The molecule has 1 rings (SSSR count). The largest absolute Gasteiger partial charge is 1.00 e. The van der Waals surface area contributed by atoms with E-state index in [0.717, 1.165) is 0 Å². The highest BCUT2D eigenvalue weighted by molar-refractivity contribution is 6.92. The van der Waals surface area contributed by atoms with Gasteiger partial charge in [0.25, 0.3) is 0 Å². The smallest absolute Gasteiger partial charge is 0.104 e. The summed E-state index contributed by atoms with van der Waals surface area (Å²) in [5, 5.41) is 0. The normalized spacial score (nSPS) is 10.2. The highest BCUT2D eigenvalue weighted by Gasteiger charge is 2.25. The van der Waals surface area contributed by atoms with Gasteiger partial charge in [0.1, 0.15) is 6.54 Å². The van der Waals surface area contributed by atoms with Crippen LogP contribution in [0.2, 0.25) is 0 Å². The van der Waals surface area contributed by atoms with Crippen molar-refractivity contribution in [3.63, 3.8) is 0 Å². The van der Waals surface area contributed by atoms with Crippen molar-refractivity contribution in [2.24, 2.45) is 0 Å². The molecule has 1 atom stereocenters. The molecule has 1 nitrogen and oxygen atoms in total. The average molecular weight is 382 g/mol. The summed E-state index contributed by atoms with van der Waals surface area (Å²) in [7, 11) is 0. The predicted molar refractivity (Wildman–Crippen MR) is 102 cm³/mol. The van der Waals surface area contributed by atoms with Gasteiger partial charge in [0, 0.05) is 5.56 Å². The van der Waals surface area contributed by atoms with Gasteiger partial charge < -0.3 is 29.3 Å². The Hall–Kier alpha value is 0.190. The first-order chi connectivity index (χ1) is 9.76. The van der Waals surface area contributed by atoms with Gasteiger partial charge in [0.15, 0.2) is 0 Å². The van der Waals surface area contributed by atoms with Crippen LogP contribution in [0.25, 0.3) is 0 Å². The molecule has 0 aromatic heterocycles. The average Bonchev–Trinajstić information content (AvgIpc) is 2.49. The fourth-order valence-electron chi connectivity index (χ4n) is 3.02. The molecule has 0 bridgehead atoms. The van der Waals surface area contributed by atoms with Crippen LogP contribution in [0.5, 0.6) is 0 Å². The number of hydrogen-bond acceptors (Lipinski definition) is 0. The maximum Gasteiger partial charge on any atom is 0.104 e. The molecule has 0 spiro atoms. The van der Waals surface area contributed by atoms with Gasteiger partial charge in [-0.05, 0) is 29.2 Å². The van der Waals surface area contributed by atoms with E-state index in [1.54, 1.807) is 0 Å². The van der Waals surface area contributed by atoms with E-state index < -0.39 is 0 Å². The fourth-order valence-corrected chi connectivity index (χ4v) is 3.02. The number of unbranched alkanes of at least 4 members (excludes halogenated alkanes) is 3. The molecule has 23 heavy (non-hydrogen) atoms. The van der Waals surface area contributed by atoms with Gasteiger partial charge >= 0.3 is 0 Å². The van der Waals surface area contributed by atoms with E-state index in [-0.39, 0.29) is 34.7 Å². The molecule has 1 unspecified atom stereocenters. The Bertz CT molecular complexity index is 325.